The summed E-state index contributed by atoms with van der Waals surface area (Å²) in [4.78, 5) is 39.5. The number of piperidine rings is 1. The van der Waals surface area contributed by atoms with Crippen LogP contribution in [-0.2, 0) is 9.53 Å². The van der Waals surface area contributed by atoms with Gasteiger partial charge in [-0.3, -0.25) is 14.4 Å². The lowest BCUT2D eigenvalue weighted by Gasteiger charge is -2.31. The third-order valence-corrected chi connectivity index (χ3v) is 5.33. The fourth-order valence-electron chi connectivity index (χ4n) is 3.06. The van der Waals surface area contributed by atoms with Crippen molar-refractivity contribution >= 4 is 29.0 Å². The lowest BCUT2D eigenvalue weighted by atomic mass is 9.95. The van der Waals surface area contributed by atoms with Gasteiger partial charge in [0.1, 0.15) is 0 Å². The maximum Gasteiger partial charge on any atom is 0.308 e. The monoisotopic (exact) mass is 357 g/mol. The van der Waals surface area contributed by atoms with Crippen LogP contribution < -0.4 is 0 Å². The Morgan fingerprint density at radius 3 is 2.32 bits per heavy atom. The molecule has 0 N–H and O–H groups in total. The number of likely N-dealkylation sites (tertiary alicyclic amines) is 1. The molecule has 1 aliphatic rings. The maximum absolute atomic E-state index is 12.9. The van der Waals surface area contributed by atoms with Gasteiger partial charge in [0.05, 0.1) is 23.5 Å². The van der Waals surface area contributed by atoms with E-state index in [-0.39, 0.29) is 23.6 Å². The van der Waals surface area contributed by atoms with E-state index in [4.69, 9.17) is 4.74 Å². The molecule has 1 aromatic carbocycles. The number of ketones is 1. The highest BCUT2D eigenvalue weighted by Gasteiger charge is 2.30. The number of hydrogen-bond acceptors (Lipinski definition) is 5. The minimum Gasteiger partial charge on any atom is -0.469 e. The molecule has 1 amide bonds. The predicted octanol–water partition coefficient (Wildman–Crippen LogP) is 3.00. The summed E-state index contributed by atoms with van der Waals surface area (Å²) >= 11 is 1.36. The van der Waals surface area contributed by atoms with Crippen LogP contribution in [0.25, 0.3) is 0 Å². The Hall–Kier alpha value is -2.47. The third-order valence-electron chi connectivity index (χ3n) is 4.46. The Kier molecular flexibility index (Phi) is 5.28. The van der Waals surface area contributed by atoms with Crippen LogP contribution in [0.4, 0.5) is 0 Å². The summed E-state index contributed by atoms with van der Waals surface area (Å²) in [5.41, 5.74) is 0.836. The first-order valence-electron chi connectivity index (χ1n) is 8.16. The van der Waals surface area contributed by atoms with E-state index < -0.39 is 0 Å². The molecule has 0 atom stereocenters. The lowest BCUT2D eigenvalue weighted by molar-refractivity contribution is -0.146. The first-order chi connectivity index (χ1) is 12.1. The van der Waals surface area contributed by atoms with Crippen LogP contribution in [0.5, 0.6) is 0 Å². The second kappa shape index (κ2) is 7.61. The normalized spacial score (nSPS) is 15.0. The average Bonchev–Trinajstić information content (AvgIpc) is 3.21. The van der Waals surface area contributed by atoms with Crippen LogP contribution in [0.3, 0.4) is 0 Å². The molecule has 0 saturated carbocycles. The topological polar surface area (TPSA) is 63.7 Å². The van der Waals surface area contributed by atoms with E-state index in [9.17, 15) is 14.4 Å². The van der Waals surface area contributed by atoms with Gasteiger partial charge in [-0.1, -0.05) is 24.3 Å². The van der Waals surface area contributed by atoms with Gasteiger partial charge < -0.3 is 9.64 Å². The van der Waals surface area contributed by atoms with Crippen LogP contribution in [0.2, 0.25) is 0 Å². The van der Waals surface area contributed by atoms with Crippen molar-refractivity contribution in [3.05, 3.63) is 57.8 Å². The van der Waals surface area contributed by atoms with Gasteiger partial charge in [-0.2, -0.15) is 0 Å². The highest BCUT2D eigenvalue weighted by atomic mass is 32.1. The van der Waals surface area contributed by atoms with Crippen LogP contribution in [0.15, 0.2) is 41.8 Å². The number of hydrogen-bond donors (Lipinski definition) is 0. The maximum atomic E-state index is 12.9. The van der Waals surface area contributed by atoms with Gasteiger partial charge >= 0.3 is 5.97 Å². The van der Waals surface area contributed by atoms with Gasteiger partial charge in [0, 0.05) is 18.7 Å². The Balaban J connectivity index is 1.78. The second-order valence-electron chi connectivity index (χ2n) is 5.94. The van der Waals surface area contributed by atoms with Gasteiger partial charge in [-0.05, 0) is 30.4 Å². The molecule has 0 radical (unpaired) electrons. The Labute approximate surface area is 150 Å². The molecular weight excluding hydrogens is 338 g/mol. The van der Waals surface area contributed by atoms with Gasteiger partial charge in [0.2, 0.25) is 5.78 Å². The average molecular weight is 357 g/mol. The number of amides is 1. The molecular formula is C19H19NO4S. The van der Waals surface area contributed by atoms with Crippen molar-refractivity contribution in [2.45, 2.75) is 12.8 Å². The molecule has 1 aromatic heterocycles. The summed E-state index contributed by atoms with van der Waals surface area (Å²) < 4.78 is 4.78. The Morgan fingerprint density at radius 2 is 1.72 bits per heavy atom. The molecule has 130 valence electrons. The van der Waals surface area contributed by atoms with Crippen LogP contribution in [0, 0.1) is 5.92 Å². The van der Waals surface area contributed by atoms with Crippen molar-refractivity contribution in [3.63, 3.8) is 0 Å². The van der Waals surface area contributed by atoms with Gasteiger partial charge in [-0.15, -0.1) is 11.3 Å². The van der Waals surface area contributed by atoms with Gasteiger partial charge in [-0.25, -0.2) is 0 Å². The molecule has 0 aliphatic carbocycles. The number of ether oxygens (including phenoxy) is 1. The molecule has 2 heterocycles. The molecule has 0 spiro atoms. The number of benzene rings is 1. The molecule has 1 fully saturated rings. The fourth-order valence-corrected chi connectivity index (χ4v) is 3.74. The molecule has 25 heavy (non-hydrogen) atoms. The number of esters is 1. The number of rotatable bonds is 4. The fraction of sp³-hybridized carbons (Fsp3) is 0.316. The van der Waals surface area contributed by atoms with E-state index in [0.717, 1.165) is 0 Å². The van der Waals surface area contributed by atoms with Crippen molar-refractivity contribution in [1.29, 1.82) is 0 Å². The summed E-state index contributed by atoms with van der Waals surface area (Å²) in [5, 5.41) is 1.84. The summed E-state index contributed by atoms with van der Waals surface area (Å²) in [5.74, 6) is -0.676. The summed E-state index contributed by atoms with van der Waals surface area (Å²) in [6, 6.07) is 10.5. The molecule has 0 bridgehead atoms. The molecule has 0 unspecified atom stereocenters. The number of nitrogens with zero attached hydrogens (tertiary/aromatic N) is 1. The van der Waals surface area contributed by atoms with E-state index in [1.165, 1.54) is 18.4 Å². The summed E-state index contributed by atoms with van der Waals surface area (Å²) in [7, 11) is 1.38. The van der Waals surface area contributed by atoms with E-state index >= 15 is 0 Å². The summed E-state index contributed by atoms with van der Waals surface area (Å²) in [6.07, 6.45) is 1.17. The van der Waals surface area contributed by atoms with Crippen molar-refractivity contribution in [3.8, 4) is 0 Å². The van der Waals surface area contributed by atoms with E-state index in [1.807, 2.05) is 11.4 Å². The Bertz CT molecular complexity index is 776. The largest absolute Gasteiger partial charge is 0.469 e. The SMILES string of the molecule is COC(=O)C1CCN(C(=O)c2ccccc2C(=O)c2cccs2)CC1. The van der Waals surface area contributed by atoms with Crippen molar-refractivity contribution in [2.24, 2.45) is 5.92 Å². The molecule has 1 saturated heterocycles. The van der Waals surface area contributed by atoms with E-state index in [1.54, 1.807) is 35.2 Å². The zero-order chi connectivity index (χ0) is 17.8. The standard InChI is InChI=1S/C19H19NO4S/c1-24-19(23)13-8-10-20(11-9-13)18(22)15-6-3-2-5-14(15)17(21)16-7-4-12-25-16/h2-7,12-13H,8-11H2,1H3. The number of thiophene rings is 1. The Morgan fingerprint density at radius 1 is 1.04 bits per heavy atom. The minimum atomic E-state index is -0.222. The molecule has 2 aromatic rings. The molecule has 5 nitrogen and oxygen atoms in total. The molecule has 6 heteroatoms. The molecule has 1 aliphatic heterocycles. The van der Waals surface area contributed by atoms with Crippen molar-refractivity contribution in [2.75, 3.05) is 20.2 Å². The van der Waals surface area contributed by atoms with Crippen molar-refractivity contribution < 1.29 is 19.1 Å². The zero-order valence-corrected chi connectivity index (χ0v) is 14.8. The number of carbonyl (C=O) groups is 3. The van der Waals surface area contributed by atoms with Crippen LogP contribution >= 0.6 is 11.3 Å². The predicted molar refractivity (Wildman–Crippen MR) is 94.8 cm³/mol. The third kappa shape index (κ3) is 3.64. The smallest absolute Gasteiger partial charge is 0.308 e. The van der Waals surface area contributed by atoms with E-state index in [0.29, 0.717) is 41.9 Å². The first kappa shape index (κ1) is 17.4. The minimum absolute atomic E-state index is 0.136. The van der Waals surface area contributed by atoms with Crippen LogP contribution in [0.1, 0.15) is 38.4 Å². The number of carbonyl (C=O) groups excluding carboxylic acids is 3. The van der Waals surface area contributed by atoms with Gasteiger partial charge in [0.25, 0.3) is 5.91 Å². The summed E-state index contributed by atoms with van der Waals surface area (Å²) in [6.45, 7) is 0.972. The van der Waals surface area contributed by atoms with Gasteiger partial charge in [0.15, 0.2) is 0 Å². The highest BCUT2D eigenvalue weighted by molar-refractivity contribution is 7.12. The van der Waals surface area contributed by atoms with Crippen LogP contribution in [-0.4, -0.2) is 42.8 Å². The van der Waals surface area contributed by atoms with E-state index in [2.05, 4.69) is 0 Å². The quantitative estimate of drug-likeness (QED) is 0.623. The van der Waals surface area contributed by atoms with Crippen molar-refractivity contribution in [1.82, 2.24) is 4.90 Å². The lowest BCUT2D eigenvalue weighted by Crippen LogP contribution is -2.41. The highest BCUT2D eigenvalue weighted by Crippen LogP contribution is 2.23. The second-order valence-corrected chi connectivity index (χ2v) is 6.89. The zero-order valence-electron chi connectivity index (χ0n) is 13.9. The number of methoxy groups -OCH3 is 1. The first-order valence-corrected chi connectivity index (χ1v) is 9.04. The molecule has 3 rings (SSSR count).